The molecule has 0 aliphatic carbocycles. The fourth-order valence-electron chi connectivity index (χ4n) is 0.454. The summed E-state index contributed by atoms with van der Waals surface area (Å²) in [5, 5.41) is 0. The minimum Gasteiger partial charge on any atom is -0.361 e. The molecule has 60 valence electrons. The Labute approximate surface area is 60.2 Å². The first-order valence-corrected chi connectivity index (χ1v) is 4.99. The molecule has 0 heterocycles. The monoisotopic (exact) mass is 165 g/mol. The highest BCUT2D eigenvalue weighted by Crippen LogP contribution is 2.43. The molecular weight excluding hydrogens is 153 g/mol. The van der Waals surface area contributed by atoms with Crippen molar-refractivity contribution in [1.29, 1.82) is 0 Å². The highest BCUT2D eigenvalue weighted by molar-refractivity contribution is 7.75. The van der Waals surface area contributed by atoms with E-state index in [2.05, 4.69) is 0 Å². The van der Waals surface area contributed by atoms with Crippen LogP contribution in [-0.4, -0.2) is 18.4 Å². The Kier molecular flexibility index (Phi) is 3.06. The Hall–Kier alpha value is -0.340. The average Bonchev–Trinajstić information content (AvgIpc) is 1.60. The van der Waals surface area contributed by atoms with Gasteiger partial charge < -0.3 is 10.3 Å². The number of carbonyl (C=O) groups excluding carboxylic acids is 1. The minimum absolute atomic E-state index is 0.233. The Bertz CT molecular complexity index is 178. The maximum atomic E-state index is 11.0. The van der Waals surface area contributed by atoms with E-state index in [1.165, 1.54) is 6.66 Å². The molecule has 0 aromatic heterocycles. The first kappa shape index (κ1) is 9.66. The van der Waals surface area contributed by atoms with Crippen LogP contribution in [0.4, 0.5) is 4.79 Å². The number of nitrogens with two attached hydrogens (primary N) is 1. The van der Waals surface area contributed by atoms with E-state index in [1.807, 2.05) is 0 Å². The standard InChI is InChI=1S/C5H12NO3P/c1-4(2)9-10(3,8)5(6)7/h4H,1-3H3,(H2,6,7)/t10-/m1/s1. The van der Waals surface area contributed by atoms with Gasteiger partial charge in [0.05, 0.1) is 6.10 Å². The lowest BCUT2D eigenvalue weighted by Gasteiger charge is -2.12. The van der Waals surface area contributed by atoms with Crippen LogP contribution in [0.1, 0.15) is 13.8 Å². The van der Waals surface area contributed by atoms with Gasteiger partial charge in [-0.2, -0.15) is 0 Å². The molecule has 5 heteroatoms. The van der Waals surface area contributed by atoms with Crippen LogP contribution in [0.5, 0.6) is 0 Å². The summed E-state index contributed by atoms with van der Waals surface area (Å²) in [4.78, 5) is 10.4. The predicted molar refractivity (Wildman–Crippen MR) is 39.3 cm³/mol. The molecule has 1 amide bonds. The molecule has 0 unspecified atom stereocenters. The molecule has 0 saturated carbocycles. The Morgan fingerprint density at radius 2 is 2.00 bits per heavy atom. The van der Waals surface area contributed by atoms with Crippen molar-refractivity contribution < 1.29 is 13.9 Å². The summed E-state index contributed by atoms with van der Waals surface area (Å²) in [6.45, 7) is 4.60. The second-order valence-corrected chi connectivity index (χ2v) is 4.68. The summed E-state index contributed by atoms with van der Waals surface area (Å²) in [6, 6.07) is 0. The van der Waals surface area contributed by atoms with Crippen molar-refractivity contribution in [2.45, 2.75) is 20.0 Å². The van der Waals surface area contributed by atoms with E-state index in [-0.39, 0.29) is 6.10 Å². The van der Waals surface area contributed by atoms with Crippen LogP contribution in [0, 0.1) is 0 Å². The summed E-state index contributed by atoms with van der Waals surface area (Å²) in [5.74, 6) is 0. The van der Waals surface area contributed by atoms with Crippen molar-refractivity contribution in [1.82, 2.24) is 0 Å². The van der Waals surface area contributed by atoms with Gasteiger partial charge in [0.25, 0.3) is 7.37 Å². The molecule has 0 spiro atoms. The van der Waals surface area contributed by atoms with Gasteiger partial charge in [-0.05, 0) is 13.8 Å². The fourth-order valence-corrected chi connectivity index (χ4v) is 1.36. The van der Waals surface area contributed by atoms with Crippen molar-refractivity contribution >= 4 is 13.0 Å². The molecule has 1 atom stereocenters. The van der Waals surface area contributed by atoms with Gasteiger partial charge >= 0.3 is 5.65 Å². The quantitative estimate of drug-likeness (QED) is 0.642. The highest BCUT2D eigenvalue weighted by Gasteiger charge is 2.24. The lowest BCUT2D eigenvalue weighted by atomic mass is 10.5. The third-order valence-corrected chi connectivity index (χ3v) is 2.44. The van der Waals surface area contributed by atoms with Gasteiger partial charge in [-0.1, -0.05) is 0 Å². The van der Waals surface area contributed by atoms with Crippen LogP contribution < -0.4 is 5.73 Å². The van der Waals surface area contributed by atoms with Crippen molar-refractivity contribution in [3.8, 4) is 0 Å². The second-order valence-electron chi connectivity index (χ2n) is 2.34. The number of rotatable bonds is 3. The van der Waals surface area contributed by atoms with Crippen LogP contribution in [-0.2, 0) is 9.09 Å². The fraction of sp³-hybridized carbons (Fsp3) is 0.800. The highest BCUT2D eigenvalue weighted by atomic mass is 31.2. The van der Waals surface area contributed by atoms with E-state index in [1.54, 1.807) is 13.8 Å². The molecule has 2 N–H and O–H groups in total. The van der Waals surface area contributed by atoms with Gasteiger partial charge in [0.2, 0.25) is 0 Å². The Morgan fingerprint density at radius 1 is 1.60 bits per heavy atom. The molecule has 0 aliphatic heterocycles. The molecule has 0 fully saturated rings. The zero-order chi connectivity index (χ0) is 8.36. The summed E-state index contributed by atoms with van der Waals surface area (Å²) in [6.07, 6.45) is -0.233. The van der Waals surface area contributed by atoms with E-state index in [9.17, 15) is 9.36 Å². The lowest BCUT2D eigenvalue weighted by Crippen LogP contribution is -2.13. The zero-order valence-corrected chi connectivity index (χ0v) is 7.22. The number of hydrogen-bond acceptors (Lipinski definition) is 3. The molecule has 0 aromatic carbocycles. The van der Waals surface area contributed by atoms with Crippen molar-refractivity contribution in [3.05, 3.63) is 0 Å². The molecule has 0 bridgehead atoms. The number of amides is 1. The summed E-state index contributed by atoms with van der Waals surface area (Å²) < 4.78 is 15.8. The zero-order valence-electron chi connectivity index (χ0n) is 6.33. The summed E-state index contributed by atoms with van der Waals surface area (Å²) in [5.41, 5.74) is 3.92. The predicted octanol–water partition coefficient (Wildman–Crippen LogP) is 1.40. The normalized spacial score (nSPS) is 16.8. The van der Waals surface area contributed by atoms with E-state index in [0.717, 1.165) is 0 Å². The van der Waals surface area contributed by atoms with Crippen LogP contribution >= 0.6 is 7.37 Å². The van der Waals surface area contributed by atoms with Gasteiger partial charge in [0.1, 0.15) is 0 Å². The SMILES string of the molecule is CC(C)O[P@@](C)(=O)C(N)=O. The average molecular weight is 165 g/mol. The third kappa shape index (κ3) is 2.99. The molecule has 4 nitrogen and oxygen atoms in total. The van der Waals surface area contributed by atoms with Crippen LogP contribution in [0.3, 0.4) is 0 Å². The molecule has 10 heavy (non-hydrogen) atoms. The minimum atomic E-state index is -3.18. The maximum Gasteiger partial charge on any atom is 0.302 e. The van der Waals surface area contributed by atoms with E-state index < -0.39 is 13.0 Å². The van der Waals surface area contributed by atoms with E-state index in [0.29, 0.717) is 0 Å². The summed E-state index contributed by atoms with van der Waals surface area (Å²) >= 11 is 0. The maximum absolute atomic E-state index is 11.0. The lowest BCUT2D eigenvalue weighted by molar-refractivity contribution is 0.233. The molecule has 0 rings (SSSR count). The van der Waals surface area contributed by atoms with Gasteiger partial charge in [-0.15, -0.1) is 0 Å². The molecule has 0 aliphatic rings. The number of hydrogen-bond donors (Lipinski definition) is 1. The molecule has 0 radical (unpaired) electrons. The first-order chi connectivity index (χ1) is 4.36. The van der Waals surface area contributed by atoms with Gasteiger partial charge in [-0.25, -0.2) is 0 Å². The van der Waals surface area contributed by atoms with Crippen molar-refractivity contribution in [2.24, 2.45) is 5.73 Å². The van der Waals surface area contributed by atoms with Gasteiger partial charge in [-0.3, -0.25) is 9.36 Å². The topological polar surface area (TPSA) is 69.4 Å². The van der Waals surface area contributed by atoms with E-state index >= 15 is 0 Å². The smallest absolute Gasteiger partial charge is 0.302 e. The summed E-state index contributed by atoms with van der Waals surface area (Å²) in [7, 11) is -3.18. The van der Waals surface area contributed by atoms with Crippen molar-refractivity contribution in [2.75, 3.05) is 6.66 Å². The number of primary amides is 1. The molecular formula is C5H12NO3P. The number of carbonyl (C=O) groups is 1. The largest absolute Gasteiger partial charge is 0.361 e. The second kappa shape index (κ2) is 3.17. The van der Waals surface area contributed by atoms with Gasteiger partial charge in [0, 0.05) is 6.66 Å². The van der Waals surface area contributed by atoms with Crippen molar-refractivity contribution in [3.63, 3.8) is 0 Å². The van der Waals surface area contributed by atoms with Gasteiger partial charge in [0.15, 0.2) is 0 Å². The van der Waals surface area contributed by atoms with Crippen LogP contribution in [0.25, 0.3) is 0 Å². The van der Waals surface area contributed by atoms with Crippen LogP contribution in [0.15, 0.2) is 0 Å². The Morgan fingerprint density at radius 3 is 2.10 bits per heavy atom. The van der Waals surface area contributed by atoms with E-state index in [4.69, 9.17) is 10.3 Å². The molecule has 0 aromatic rings. The first-order valence-electron chi connectivity index (χ1n) is 2.92. The Balaban J connectivity index is 4.15. The molecule has 0 saturated heterocycles. The van der Waals surface area contributed by atoms with Crippen LogP contribution in [0.2, 0.25) is 0 Å². The third-order valence-electron chi connectivity index (χ3n) is 0.812.